The number of para-hydroxylation sites is 1. The van der Waals surface area contributed by atoms with Crippen molar-refractivity contribution in [2.75, 3.05) is 17.1 Å². The van der Waals surface area contributed by atoms with Gasteiger partial charge in [-0.15, -0.1) is 0 Å². The number of carbonyl (C=O) groups is 2. The summed E-state index contributed by atoms with van der Waals surface area (Å²) in [7, 11) is -3.88. The van der Waals surface area contributed by atoms with Crippen molar-refractivity contribution in [2.45, 2.75) is 52.2 Å². The van der Waals surface area contributed by atoms with E-state index in [1.54, 1.807) is 24.3 Å². The van der Waals surface area contributed by atoms with Crippen molar-refractivity contribution in [3.05, 3.63) is 101 Å². The second-order valence-electron chi connectivity index (χ2n) is 10.7. The third-order valence-corrected chi connectivity index (χ3v) is 7.45. The van der Waals surface area contributed by atoms with Crippen LogP contribution >= 0.6 is 11.6 Å². The van der Waals surface area contributed by atoms with Gasteiger partial charge < -0.3 is 10.2 Å². The lowest BCUT2D eigenvalue weighted by molar-refractivity contribution is -0.140. The van der Waals surface area contributed by atoms with E-state index in [0.29, 0.717) is 0 Å². The lowest BCUT2D eigenvalue weighted by Crippen LogP contribution is -2.56. The summed E-state index contributed by atoms with van der Waals surface area (Å²) in [6.45, 7) is 7.18. The van der Waals surface area contributed by atoms with Gasteiger partial charge in [0.05, 0.1) is 17.0 Å². The van der Waals surface area contributed by atoms with E-state index in [4.69, 9.17) is 11.6 Å². The standard InChI is InChI=1S/C30H36ClN3O4S/c1-22-12-11-15-24(18-22)20-33(27(29(36)32-30(2,3)4)19-23-13-7-6-8-14-23)28(35)21-34(39(5,37)38)26-17-10-9-16-25(26)31/h6-18,27H,19-21H2,1-5H3,(H,32,36)/t27-/m0/s1. The van der Waals surface area contributed by atoms with Gasteiger partial charge in [0.25, 0.3) is 0 Å². The Hall–Kier alpha value is -3.36. The van der Waals surface area contributed by atoms with Crippen molar-refractivity contribution in [1.29, 1.82) is 0 Å². The summed E-state index contributed by atoms with van der Waals surface area (Å²) in [5, 5.41) is 3.21. The number of aryl methyl sites for hydroxylation is 1. The van der Waals surface area contributed by atoms with Crippen LogP contribution in [0.4, 0.5) is 5.69 Å². The van der Waals surface area contributed by atoms with Crippen molar-refractivity contribution in [3.63, 3.8) is 0 Å². The third kappa shape index (κ3) is 8.83. The van der Waals surface area contributed by atoms with E-state index in [-0.39, 0.29) is 29.6 Å². The summed E-state index contributed by atoms with van der Waals surface area (Å²) in [6.07, 6.45) is 1.29. The van der Waals surface area contributed by atoms with Crippen LogP contribution in [0.3, 0.4) is 0 Å². The highest BCUT2D eigenvalue weighted by atomic mass is 35.5. The van der Waals surface area contributed by atoms with E-state index in [1.165, 1.54) is 4.90 Å². The van der Waals surface area contributed by atoms with Gasteiger partial charge in [-0.1, -0.05) is 83.9 Å². The number of sulfonamides is 1. The van der Waals surface area contributed by atoms with Gasteiger partial charge in [-0.3, -0.25) is 13.9 Å². The molecule has 9 heteroatoms. The SMILES string of the molecule is Cc1cccc(CN(C(=O)CN(c2ccccc2Cl)S(C)(=O)=O)[C@@H](Cc2ccccc2)C(=O)NC(C)(C)C)c1. The summed E-state index contributed by atoms with van der Waals surface area (Å²) in [5.41, 5.74) is 2.37. The van der Waals surface area contributed by atoms with Crippen LogP contribution in [0.5, 0.6) is 0 Å². The van der Waals surface area contributed by atoms with Crippen LogP contribution in [0.2, 0.25) is 5.02 Å². The van der Waals surface area contributed by atoms with Crippen LogP contribution in [-0.2, 0) is 32.6 Å². The maximum atomic E-state index is 14.1. The summed E-state index contributed by atoms with van der Waals surface area (Å²) in [6, 6.07) is 22.7. The minimum absolute atomic E-state index is 0.121. The number of nitrogens with one attached hydrogen (secondary N) is 1. The highest BCUT2D eigenvalue weighted by Gasteiger charge is 2.34. The number of nitrogens with zero attached hydrogens (tertiary/aromatic N) is 2. The number of rotatable bonds is 10. The minimum atomic E-state index is -3.88. The second kappa shape index (κ2) is 12.7. The summed E-state index contributed by atoms with van der Waals surface area (Å²) < 4.78 is 26.7. The molecule has 0 aliphatic carbocycles. The zero-order valence-corrected chi connectivity index (χ0v) is 24.6. The van der Waals surface area contributed by atoms with Gasteiger partial charge in [-0.05, 0) is 51.0 Å². The molecule has 3 aromatic carbocycles. The quantitative estimate of drug-likeness (QED) is 0.373. The maximum absolute atomic E-state index is 14.1. The van der Waals surface area contributed by atoms with Gasteiger partial charge in [0.15, 0.2) is 0 Å². The normalized spacial score (nSPS) is 12.5. The molecule has 0 aliphatic rings. The third-order valence-electron chi connectivity index (χ3n) is 6.01. The fraction of sp³-hybridized carbons (Fsp3) is 0.333. The Bertz CT molecular complexity index is 1400. The van der Waals surface area contributed by atoms with Gasteiger partial charge in [0, 0.05) is 18.5 Å². The van der Waals surface area contributed by atoms with Crippen LogP contribution in [-0.4, -0.2) is 49.5 Å². The summed E-state index contributed by atoms with van der Waals surface area (Å²) in [4.78, 5) is 29.3. The van der Waals surface area contributed by atoms with E-state index >= 15 is 0 Å². The minimum Gasteiger partial charge on any atom is -0.350 e. The zero-order valence-electron chi connectivity index (χ0n) is 23.0. The van der Waals surface area contributed by atoms with E-state index in [1.807, 2.05) is 82.3 Å². The molecule has 2 amide bonds. The zero-order chi connectivity index (χ0) is 28.8. The molecule has 0 unspecified atom stereocenters. The molecule has 0 aliphatic heterocycles. The first-order chi connectivity index (χ1) is 18.2. The average molecular weight is 570 g/mol. The average Bonchev–Trinajstić information content (AvgIpc) is 2.84. The highest BCUT2D eigenvalue weighted by Crippen LogP contribution is 2.28. The first kappa shape index (κ1) is 30.2. The smallest absolute Gasteiger partial charge is 0.244 e. The fourth-order valence-electron chi connectivity index (χ4n) is 4.26. The molecule has 3 aromatic rings. The monoisotopic (exact) mass is 569 g/mol. The molecule has 3 rings (SSSR count). The first-order valence-electron chi connectivity index (χ1n) is 12.7. The second-order valence-corrected chi connectivity index (χ2v) is 13.0. The van der Waals surface area contributed by atoms with E-state index in [0.717, 1.165) is 27.3 Å². The topological polar surface area (TPSA) is 86.8 Å². The Morgan fingerprint density at radius 3 is 2.13 bits per heavy atom. The number of carbonyl (C=O) groups excluding carboxylic acids is 2. The summed E-state index contributed by atoms with van der Waals surface area (Å²) >= 11 is 6.33. The molecule has 0 saturated heterocycles. The number of anilines is 1. The van der Waals surface area contributed by atoms with Crippen LogP contribution < -0.4 is 9.62 Å². The van der Waals surface area contributed by atoms with Crippen molar-refractivity contribution < 1.29 is 18.0 Å². The Labute approximate surface area is 236 Å². The molecule has 0 saturated carbocycles. The van der Waals surface area contributed by atoms with Crippen molar-refractivity contribution >= 4 is 39.1 Å². The van der Waals surface area contributed by atoms with E-state index in [9.17, 15) is 18.0 Å². The van der Waals surface area contributed by atoms with Gasteiger partial charge >= 0.3 is 0 Å². The van der Waals surface area contributed by atoms with Crippen molar-refractivity contribution in [2.24, 2.45) is 0 Å². The number of hydrogen-bond donors (Lipinski definition) is 1. The van der Waals surface area contributed by atoms with Gasteiger partial charge in [-0.2, -0.15) is 0 Å². The first-order valence-corrected chi connectivity index (χ1v) is 14.9. The largest absolute Gasteiger partial charge is 0.350 e. The van der Waals surface area contributed by atoms with Crippen LogP contribution in [0.25, 0.3) is 0 Å². The predicted octanol–water partition coefficient (Wildman–Crippen LogP) is 4.97. The maximum Gasteiger partial charge on any atom is 0.244 e. The molecule has 0 fully saturated rings. The van der Waals surface area contributed by atoms with Crippen LogP contribution in [0, 0.1) is 6.92 Å². The Kier molecular flexibility index (Phi) is 9.80. The van der Waals surface area contributed by atoms with Crippen molar-refractivity contribution in [1.82, 2.24) is 10.2 Å². The molecule has 39 heavy (non-hydrogen) atoms. The molecule has 208 valence electrons. The van der Waals surface area contributed by atoms with Gasteiger partial charge in [0.2, 0.25) is 21.8 Å². The lowest BCUT2D eigenvalue weighted by Gasteiger charge is -2.35. The van der Waals surface area contributed by atoms with Gasteiger partial charge in [-0.25, -0.2) is 8.42 Å². The predicted molar refractivity (Wildman–Crippen MR) is 157 cm³/mol. The highest BCUT2D eigenvalue weighted by molar-refractivity contribution is 7.92. The number of amides is 2. The molecule has 1 atom stereocenters. The molecule has 0 aromatic heterocycles. The van der Waals surface area contributed by atoms with Gasteiger partial charge in [0.1, 0.15) is 12.6 Å². The molecule has 1 N–H and O–H groups in total. The number of benzene rings is 3. The number of hydrogen-bond acceptors (Lipinski definition) is 4. The number of halogens is 1. The molecule has 0 radical (unpaired) electrons. The summed E-state index contributed by atoms with van der Waals surface area (Å²) in [5.74, 6) is -0.845. The molecular formula is C30H36ClN3O4S. The molecule has 0 bridgehead atoms. The van der Waals surface area contributed by atoms with Crippen LogP contribution in [0.1, 0.15) is 37.5 Å². The van der Waals surface area contributed by atoms with E-state index in [2.05, 4.69) is 5.32 Å². The van der Waals surface area contributed by atoms with Crippen molar-refractivity contribution in [3.8, 4) is 0 Å². The Morgan fingerprint density at radius 1 is 0.923 bits per heavy atom. The Balaban J connectivity index is 2.09. The molecule has 7 nitrogen and oxygen atoms in total. The fourth-order valence-corrected chi connectivity index (χ4v) is 5.41. The molecule has 0 heterocycles. The lowest BCUT2D eigenvalue weighted by atomic mass is 10.0. The van der Waals surface area contributed by atoms with Crippen LogP contribution in [0.15, 0.2) is 78.9 Å². The van der Waals surface area contributed by atoms with E-state index < -0.39 is 34.1 Å². The Morgan fingerprint density at radius 2 is 1.54 bits per heavy atom. The molecule has 0 spiro atoms. The molecular weight excluding hydrogens is 534 g/mol.